The summed E-state index contributed by atoms with van der Waals surface area (Å²) >= 11 is 0. The van der Waals surface area contributed by atoms with Crippen molar-refractivity contribution in [3.05, 3.63) is 64.8 Å². The molecule has 2 saturated carbocycles. The van der Waals surface area contributed by atoms with Crippen LogP contribution < -0.4 is 0 Å². The van der Waals surface area contributed by atoms with Crippen molar-refractivity contribution in [3.63, 3.8) is 0 Å². The van der Waals surface area contributed by atoms with Crippen molar-refractivity contribution in [2.45, 2.75) is 83.8 Å². The summed E-state index contributed by atoms with van der Waals surface area (Å²) in [6.07, 6.45) is 2.23. The molecule has 0 radical (unpaired) electrons. The normalized spacial score (nSPS) is 43.3. The van der Waals surface area contributed by atoms with Gasteiger partial charge in [-0.05, 0) is 42.6 Å². The third-order valence-electron chi connectivity index (χ3n) is 12.6. The first-order valence-corrected chi connectivity index (χ1v) is 16.5. The maximum absolute atomic E-state index is 13.5. The molecule has 7 rings (SSSR count). The minimum atomic E-state index is -0.818. The highest BCUT2D eigenvalue weighted by atomic mass is 16.7. The van der Waals surface area contributed by atoms with Gasteiger partial charge in [0.2, 0.25) is 6.29 Å². The molecule has 0 amide bonds. The summed E-state index contributed by atoms with van der Waals surface area (Å²) in [6.45, 7) is 8.60. The van der Waals surface area contributed by atoms with Crippen LogP contribution in [0.3, 0.4) is 0 Å². The number of allylic oxidation sites excluding steroid dienone is 1. The largest absolute Gasteiger partial charge is 0.469 e. The van der Waals surface area contributed by atoms with Crippen molar-refractivity contribution < 1.29 is 47.9 Å². The Labute approximate surface area is 275 Å². The van der Waals surface area contributed by atoms with Gasteiger partial charge in [0.15, 0.2) is 0 Å². The van der Waals surface area contributed by atoms with Crippen molar-refractivity contribution in [1.82, 2.24) is 0 Å². The molecule has 0 spiro atoms. The Morgan fingerprint density at radius 3 is 2.53 bits per heavy atom. The number of hydrogen-bond donors (Lipinski definition) is 1. The van der Waals surface area contributed by atoms with Crippen LogP contribution >= 0.6 is 0 Å². The van der Waals surface area contributed by atoms with E-state index in [9.17, 15) is 19.5 Å². The van der Waals surface area contributed by atoms with E-state index in [4.69, 9.17) is 28.4 Å². The molecule has 1 unspecified atom stereocenters. The van der Waals surface area contributed by atoms with Gasteiger partial charge in [-0.25, -0.2) is 9.59 Å². The number of ether oxygens (including phenoxy) is 6. The molecule has 3 heterocycles. The molecule has 12 atom stereocenters. The standard InChI is InChI=1S/C37H44O10/c1-19-21(22-15-29(43-6)47-34(22)41)14-23-30(19)37(4)24(16-28(40)42-5)36(3)26(46-27(39)13-12-20-10-8-7-9-11-20)17-25(38)35(2)18-44-31(32(35)36)33(37)45-23/h7-13,15,21,23-26,29,31-33,38H,14,16-18H2,1-6H3/b13-12+/t21-,23-,24-,25-,26+,29?,31-,32+,33-,35-,36+,37-/m1/s1. The lowest BCUT2D eigenvalue weighted by Crippen LogP contribution is -2.70. The average Bonchev–Trinajstić information content (AvgIpc) is 3.78. The Morgan fingerprint density at radius 2 is 1.85 bits per heavy atom. The molecule has 2 saturated heterocycles. The Kier molecular flexibility index (Phi) is 7.82. The SMILES string of the molecule is COC(=O)C[C@H]1[C@]2(C)C3=C(C)[C@H](C4=CC(OC)OC4=O)C[C@H]3O[C@@H]2[C@@H]2OC[C@]3(C)[C@H](O)C[C@H](OC(=O)/C=C/c4ccccc4)[C@@]1(C)[C@@H]23. The topological polar surface area (TPSA) is 127 Å². The first-order chi connectivity index (χ1) is 22.4. The van der Waals surface area contributed by atoms with Crippen molar-refractivity contribution >= 4 is 24.0 Å². The van der Waals surface area contributed by atoms with Crippen LogP contribution in [0.25, 0.3) is 6.08 Å². The zero-order valence-electron chi connectivity index (χ0n) is 27.8. The van der Waals surface area contributed by atoms with Crippen LogP contribution in [-0.2, 0) is 42.8 Å². The molecule has 1 aromatic carbocycles. The van der Waals surface area contributed by atoms with Crippen LogP contribution in [0.2, 0.25) is 0 Å². The van der Waals surface area contributed by atoms with Crippen molar-refractivity contribution in [2.24, 2.45) is 34.0 Å². The Hall–Kier alpha value is -3.31. The number of rotatable bonds is 7. The lowest BCUT2D eigenvalue weighted by molar-refractivity contribution is -0.248. The van der Waals surface area contributed by atoms with E-state index in [1.807, 2.05) is 44.2 Å². The summed E-state index contributed by atoms with van der Waals surface area (Å²) in [5.41, 5.74) is 1.25. The second-order valence-corrected chi connectivity index (χ2v) is 14.7. The number of methoxy groups -OCH3 is 2. The van der Waals surface area contributed by atoms with Gasteiger partial charge >= 0.3 is 17.9 Å². The number of cyclic esters (lactones) is 1. The molecular formula is C37H44O10. The van der Waals surface area contributed by atoms with E-state index in [2.05, 4.69) is 13.8 Å². The third-order valence-corrected chi connectivity index (χ3v) is 12.6. The molecule has 1 aromatic rings. The molecule has 10 nitrogen and oxygen atoms in total. The highest BCUT2D eigenvalue weighted by Gasteiger charge is 2.78. The summed E-state index contributed by atoms with van der Waals surface area (Å²) in [7, 11) is 2.87. The van der Waals surface area contributed by atoms with Gasteiger partial charge in [0.25, 0.3) is 0 Å². The van der Waals surface area contributed by atoms with E-state index in [0.717, 1.165) is 16.7 Å². The summed E-state index contributed by atoms with van der Waals surface area (Å²) in [5.74, 6) is -2.24. The second-order valence-electron chi connectivity index (χ2n) is 14.7. The van der Waals surface area contributed by atoms with E-state index in [1.165, 1.54) is 20.3 Å². The molecule has 10 heteroatoms. The number of aliphatic hydroxyl groups excluding tert-OH is 1. The number of carbonyl (C=O) groups excluding carboxylic acids is 3. The molecule has 0 bridgehead atoms. The third kappa shape index (κ3) is 4.62. The van der Waals surface area contributed by atoms with Crippen molar-refractivity contribution in [1.29, 1.82) is 0 Å². The quantitative estimate of drug-likeness (QED) is 0.199. The van der Waals surface area contributed by atoms with Crippen LogP contribution in [0.1, 0.15) is 52.5 Å². The first kappa shape index (κ1) is 32.2. The molecule has 0 aromatic heterocycles. The number of hydrogen-bond acceptors (Lipinski definition) is 10. The molecule has 4 fully saturated rings. The fourth-order valence-electron chi connectivity index (χ4n) is 10.5. The number of fused-ring (bicyclic) bond motifs is 4. The van der Waals surface area contributed by atoms with Crippen LogP contribution in [-0.4, -0.2) is 80.7 Å². The van der Waals surface area contributed by atoms with Gasteiger partial charge in [-0.2, -0.15) is 0 Å². The highest BCUT2D eigenvalue weighted by molar-refractivity contribution is 5.92. The fourth-order valence-corrected chi connectivity index (χ4v) is 10.5. The van der Waals surface area contributed by atoms with Gasteiger partial charge in [0, 0.05) is 59.7 Å². The molecule has 1 N–H and O–H groups in total. The predicted molar refractivity (Wildman–Crippen MR) is 168 cm³/mol. The zero-order chi connectivity index (χ0) is 33.5. The van der Waals surface area contributed by atoms with Gasteiger partial charge in [-0.1, -0.05) is 56.7 Å². The highest BCUT2D eigenvalue weighted by Crippen LogP contribution is 2.73. The van der Waals surface area contributed by atoms with E-state index < -0.39 is 64.8 Å². The Balaban J connectivity index is 1.33. The van der Waals surface area contributed by atoms with E-state index >= 15 is 0 Å². The van der Waals surface area contributed by atoms with E-state index in [1.54, 1.807) is 12.2 Å². The van der Waals surface area contributed by atoms with Gasteiger partial charge in [-0.3, -0.25) is 4.79 Å². The summed E-state index contributed by atoms with van der Waals surface area (Å²) in [4.78, 5) is 39.7. The maximum Gasteiger partial charge on any atom is 0.337 e. The predicted octanol–water partition coefficient (Wildman–Crippen LogP) is 4.16. The zero-order valence-corrected chi connectivity index (χ0v) is 27.8. The molecular weight excluding hydrogens is 604 g/mol. The number of aliphatic hydroxyl groups is 1. The first-order valence-electron chi connectivity index (χ1n) is 16.5. The smallest absolute Gasteiger partial charge is 0.337 e. The van der Waals surface area contributed by atoms with Crippen LogP contribution in [0.5, 0.6) is 0 Å². The van der Waals surface area contributed by atoms with Crippen molar-refractivity contribution in [2.75, 3.05) is 20.8 Å². The van der Waals surface area contributed by atoms with Crippen LogP contribution in [0.4, 0.5) is 0 Å². The monoisotopic (exact) mass is 648 g/mol. The minimum absolute atomic E-state index is 0.0529. The lowest BCUT2D eigenvalue weighted by Gasteiger charge is -2.65. The molecule has 6 aliphatic rings. The Morgan fingerprint density at radius 1 is 1.11 bits per heavy atom. The minimum Gasteiger partial charge on any atom is -0.469 e. The summed E-state index contributed by atoms with van der Waals surface area (Å²) in [6, 6.07) is 9.49. The number of carbonyl (C=O) groups is 3. The van der Waals surface area contributed by atoms with Crippen LogP contribution in [0, 0.1) is 34.0 Å². The number of benzene rings is 1. The maximum atomic E-state index is 13.5. The molecule has 3 aliphatic heterocycles. The number of esters is 3. The fraction of sp³-hybridized carbons (Fsp3) is 0.595. The molecule has 47 heavy (non-hydrogen) atoms. The van der Waals surface area contributed by atoms with Crippen LogP contribution in [0.15, 0.2) is 59.2 Å². The van der Waals surface area contributed by atoms with Gasteiger partial charge in [0.1, 0.15) is 6.10 Å². The molecule has 3 aliphatic carbocycles. The van der Waals surface area contributed by atoms with Crippen molar-refractivity contribution in [3.8, 4) is 0 Å². The van der Waals surface area contributed by atoms with E-state index in [0.29, 0.717) is 18.6 Å². The summed E-state index contributed by atoms with van der Waals surface area (Å²) < 4.78 is 35.9. The Bertz CT molecular complexity index is 1560. The second kappa shape index (κ2) is 11.4. The summed E-state index contributed by atoms with van der Waals surface area (Å²) in [5, 5.41) is 11.7. The average molecular weight is 649 g/mol. The van der Waals surface area contributed by atoms with Gasteiger partial charge in [0.05, 0.1) is 38.1 Å². The van der Waals surface area contributed by atoms with Gasteiger partial charge < -0.3 is 33.5 Å². The van der Waals surface area contributed by atoms with E-state index in [-0.39, 0.29) is 36.8 Å². The lowest BCUT2D eigenvalue weighted by atomic mass is 9.40. The van der Waals surface area contributed by atoms with Gasteiger partial charge in [-0.15, -0.1) is 0 Å². The molecule has 252 valence electrons.